The van der Waals surface area contributed by atoms with Crippen molar-refractivity contribution in [2.24, 2.45) is 0 Å². The quantitative estimate of drug-likeness (QED) is 0.797. The number of hydrogen-bond donors (Lipinski definition) is 0. The highest BCUT2D eigenvalue weighted by atomic mass is 19.3. The first-order valence-corrected chi connectivity index (χ1v) is 7.71. The molecule has 0 saturated carbocycles. The molecular weight excluding hydrogens is 330 g/mol. The molecule has 1 aromatic heterocycles. The SMILES string of the molecule is COc1ccc(COc2nc(C3=CC(=O)CC3)ncc2C(F)F)cc1. The Labute approximate surface area is 143 Å². The van der Waals surface area contributed by atoms with Crippen LogP contribution < -0.4 is 9.47 Å². The van der Waals surface area contributed by atoms with Gasteiger partial charge in [0.15, 0.2) is 11.6 Å². The van der Waals surface area contributed by atoms with E-state index in [1.165, 1.54) is 6.08 Å². The summed E-state index contributed by atoms with van der Waals surface area (Å²) in [5.41, 5.74) is 1.05. The van der Waals surface area contributed by atoms with E-state index in [-0.39, 0.29) is 29.7 Å². The Morgan fingerprint density at radius 3 is 2.56 bits per heavy atom. The Balaban J connectivity index is 1.82. The average Bonchev–Trinajstić information content (AvgIpc) is 3.06. The molecule has 3 rings (SSSR count). The van der Waals surface area contributed by atoms with Crippen LogP contribution in [0.5, 0.6) is 11.6 Å². The first kappa shape index (κ1) is 17.0. The fourth-order valence-corrected chi connectivity index (χ4v) is 2.44. The van der Waals surface area contributed by atoms with Crippen molar-refractivity contribution in [3.63, 3.8) is 0 Å². The molecule has 0 radical (unpaired) electrons. The Bertz CT molecular complexity index is 804. The third kappa shape index (κ3) is 3.99. The smallest absolute Gasteiger partial charge is 0.270 e. The second-order valence-electron chi connectivity index (χ2n) is 5.53. The third-order valence-electron chi connectivity index (χ3n) is 3.81. The van der Waals surface area contributed by atoms with Gasteiger partial charge in [0.2, 0.25) is 5.88 Å². The second-order valence-corrected chi connectivity index (χ2v) is 5.53. The molecule has 0 unspecified atom stereocenters. The molecular formula is C18H16F2N2O3. The average molecular weight is 346 g/mol. The van der Waals surface area contributed by atoms with Gasteiger partial charge in [0.05, 0.1) is 12.7 Å². The summed E-state index contributed by atoms with van der Waals surface area (Å²) in [6.45, 7) is 0.0815. The molecule has 0 fully saturated rings. The van der Waals surface area contributed by atoms with Crippen molar-refractivity contribution in [1.29, 1.82) is 0 Å². The summed E-state index contributed by atoms with van der Waals surface area (Å²) in [7, 11) is 1.56. The molecule has 1 heterocycles. The molecule has 0 saturated heterocycles. The van der Waals surface area contributed by atoms with Crippen molar-refractivity contribution in [3.05, 3.63) is 53.5 Å². The van der Waals surface area contributed by atoms with Gasteiger partial charge in [0.1, 0.15) is 12.4 Å². The zero-order valence-corrected chi connectivity index (χ0v) is 13.5. The molecule has 0 atom stereocenters. The largest absolute Gasteiger partial charge is 0.497 e. The van der Waals surface area contributed by atoms with E-state index in [2.05, 4.69) is 9.97 Å². The molecule has 0 spiro atoms. The highest BCUT2D eigenvalue weighted by molar-refractivity contribution is 6.00. The predicted molar refractivity (Wildman–Crippen MR) is 86.5 cm³/mol. The first-order valence-electron chi connectivity index (χ1n) is 7.71. The number of alkyl halides is 2. The minimum absolute atomic E-state index is 0.0164. The molecule has 1 aromatic carbocycles. The molecule has 1 aliphatic carbocycles. The van der Waals surface area contributed by atoms with Gasteiger partial charge in [0, 0.05) is 18.2 Å². The van der Waals surface area contributed by atoms with Gasteiger partial charge in [-0.3, -0.25) is 4.79 Å². The summed E-state index contributed by atoms with van der Waals surface area (Å²) in [6.07, 6.45) is 0.645. The van der Waals surface area contributed by atoms with Crippen LogP contribution in [0.4, 0.5) is 8.78 Å². The van der Waals surface area contributed by atoms with Crippen molar-refractivity contribution in [2.75, 3.05) is 7.11 Å². The summed E-state index contributed by atoms with van der Waals surface area (Å²) >= 11 is 0. The zero-order valence-electron chi connectivity index (χ0n) is 13.5. The number of nitrogens with zero attached hydrogens (tertiary/aromatic N) is 2. The summed E-state index contributed by atoms with van der Waals surface area (Å²) < 4.78 is 36.9. The number of ketones is 1. The third-order valence-corrected chi connectivity index (χ3v) is 3.81. The molecule has 1 aliphatic rings. The minimum Gasteiger partial charge on any atom is -0.497 e. The van der Waals surface area contributed by atoms with E-state index >= 15 is 0 Å². The number of ether oxygens (including phenoxy) is 2. The summed E-state index contributed by atoms with van der Waals surface area (Å²) in [5.74, 6) is 0.757. The van der Waals surface area contributed by atoms with E-state index < -0.39 is 6.43 Å². The fourth-order valence-electron chi connectivity index (χ4n) is 2.44. The summed E-state index contributed by atoms with van der Waals surface area (Å²) in [4.78, 5) is 19.4. The number of benzene rings is 1. The summed E-state index contributed by atoms with van der Waals surface area (Å²) in [5, 5.41) is 0. The van der Waals surface area contributed by atoms with Crippen LogP contribution in [0.15, 0.2) is 36.5 Å². The van der Waals surface area contributed by atoms with Gasteiger partial charge in [0.25, 0.3) is 6.43 Å². The predicted octanol–water partition coefficient (Wildman–Crippen LogP) is 3.75. The normalized spacial score (nSPS) is 13.9. The maximum absolute atomic E-state index is 13.2. The number of aromatic nitrogens is 2. The molecule has 0 amide bonds. The van der Waals surface area contributed by atoms with E-state index in [9.17, 15) is 13.6 Å². The number of allylic oxidation sites excluding steroid dienone is 2. The van der Waals surface area contributed by atoms with Crippen molar-refractivity contribution < 1.29 is 23.0 Å². The van der Waals surface area contributed by atoms with Crippen LogP contribution in [0.1, 0.15) is 36.2 Å². The molecule has 130 valence electrons. The molecule has 0 bridgehead atoms. The van der Waals surface area contributed by atoms with E-state index in [0.29, 0.717) is 24.2 Å². The Morgan fingerprint density at radius 1 is 1.20 bits per heavy atom. The molecule has 0 aliphatic heterocycles. The first-order chi connectivity index (χ1) is 12.1. The van der Waals surface area contributed by atoms with Crippen molar-refractivity contribution in [2.45, 2.75) is 25.9 Å². The molecule has 7 heteroatoms. The molecule has 2 aromatic rings. The minimum atomic E-state index is -2.75. The van der Waals surface area contributed by atoms with E-state index in [1.807, 2.05) is 0 Å². The van der Waals surface area contributed by atoms with Gasteiger partial charge in [-0.05, 0) is 30.2 Å². The van der Waals surface area contributed by atoms with E-state index in [0.717, 1.165) is 11.8 Å². The maximum Gasteiger partial charge on any atom is 0.270 e. The summed E-state index contributed by atoms with van der Waals surface area (Å²) in [6, 6.07) is 7.07. The van der Waals surface area contributed by atoms with Crippen molar-refractivity contribution in [1.82, 2.24) is 9.97 Å². The van der Waals surface area contributed by atoms with Gasteiger partial charge >= 0.3 is 0 Å². The van der Waals surface area contributed by atoms with Crippen LogP contribution in [0.25, 0.3) is 5.57 Å². The van der Waals surface area contributed by atoms with Gasteiger partial charge in [-0.25, -0.2) is 13.8 Å². The van der Waals surface area contributed by atoms with Crippen molar-refractivity contribution in [3.8, 4) is 11.6 Å². The molecule has 5 nitrogen and oxygen atoms in total. The fraction of sp³-hybridized carbons (Fsp3) is 0.278. The highest BCUT2D eigenvalue weighted by Gasteiger charge is 2.21. The van der Waals surface area contributed by atoms with Crippen LogP contribution in [-0.4, -0.2) is 22.9 Å². The number of carbonyl (C=O) groups excluding carboxylic acids is 1. The van der Waals surface area contributed by atoms with Gasteiger partial charge in [-0.1, -0.05) is 12.1 Å². The van der Waals surface area contributed by atoms with Gasteiger partial charge in [-0.2, -0.15) is 4.98 Å². The van der Waals surface area contributed by atoms with Gasteiger partial charge in [-0.15, -0.1) is 0 Å². The number of rotatable bonds is 6. The van der Waals surface area contributed by atoms with Gasteiger partial charge < -0.3 is 9.47 Å². The highest BCUT2D eigenvalue weighted by Crippen LogP contribution is 2.30. The molecule has 25 heavy (non-hydrogen) atoms. The number of hydrogen-bond acceptors (Lipinski definition) is 5. The van der Waals surface area contributed by atoms with E-state index in [1.54, 1.807) is 31.4 Å². The van der Waals surface area contributed by atoms with E-state index in [4.69, 9.17) is 9.47 Å². The lowest BCUT2D eigenvalue weighted by molar-refractivity contribution is -0.114. The number of carbonyl (C=O) groups is 1. The Morgan fingerprint density at radius 2 is 1.96 bits per heavy atom. The maximum atomic E-state index is 13.2. The lowest BCUT2D eigenvalue weighted by Gasteiger charge is -2.12. The monoisotopic (exact) mass is 346 g/mol. The second kappa shape index (κ2) is 7.38. The number of methoxy groups -OCH3 is 1. The van der Waals surface area contributed by atoms with Crippen LogP contribution in [0.3, 0.4) is 0 Å². The lowest BCUT2D eigenvalue weighted by atomic mass is 10.2. The zero-order chi connectivity index (χ0) is 17.8. The lowest BCUT2D eigenvalue weighted by Crippen LogP contribution is -2.05. The Hall–Kier alpha value is -2.83. The topological polar surface area (TPSA) is 61.3 Å². The standard InChI is InChI=1S/C18H16F2N2O3/c1-24-14-6-2-11(3-7-14)10-25-18-15(16(19)20)9-21-17(22-18)12-4-5-13(23)8-12/h2-3,6-9,16H,4-5,10H2,1H3. The Kier molecular flexibility index (Phi) is 5.02. The van der Waals surface area contributed by atoms with Crippen LogP contribution >= 0.6 is 0 Å². The van der Waals surface area contributed by atoms with Crippen LogP contribution in [-0.2, 0) is 11.4 Å². The number of halogens is 2. The van der Waals surface area contributed by atoms with Crippen LogP contribution in [0, 0.1) is 0 Å². The van der Waals surface area contributed by atoms with Crippen molar-refractivity contribution >= 4 is 11.4 Å². The van der Waals surface area contributed by atoms with Crippen LogP contribution in [0.2, 0.25) is 0 Å². The molecule has 0 N–H and O–H groups in total.